The fraction of sp³-hybridized carbons (Fsp3) is 0.571. The van der Waals surface area contributed by atoms with Gasteiger partial charge in [0.2, 0.25) is 0 Å². The maximum absolute atomic E-state index is 3.58. The molecule has 0 radical (unpaired) electrons. The Bertz CT molecular complexity index is 419. The minimum Gasteiger partial charge on any atom is -0.367 e. The molecule has 92 valence electrons. The summed E-state index contributed by atoms with van der Waals surface area (Å²) >= 11 is 3.58. The first kappa shape index (κ1) is 11.5. The second-order valence-electron chi connectivity index (χ2n) is 5.27. The van der Waals surface area contributed by atoms with Crippen LogP contribution in [0.1, 0.15) is 18.4 Å². The summed E-state index contributed by atoms with van der Waals surface area (Å²) in [5.41, 5.74) is 2.99. The predicted octanol–water partition coefficient (Wildman–Crippen LogP) is 2.91. The van der Waals surface area contributed by atoms with Crippen LogP contribution in [0.3, 0.4) is 0 Å². The lowest BCUT2D eigenvalue weighted by Gasteiger charge is -2.36. The number of fused-ring (bicyclic) bond motifs is 1. The number of halogens is 1. The first-order chi connectivity index (χ1) is 8.24. The molecule has 2 aliphatic heterocycles. The van der Waals surface area contributed by atoms with E-state index in [1.807, 2.05) is 0 Å². The first-order valence-corrected chi connectivity index (χ1v) is 7.27. The third-order valence-electron chi connectivity index (χ3n) is 4.00. The Morgan fingerprint density at radius 3 is 2.94 bits per heavy atom. The van der Waals surface area contributed by atoms with Gasteiger partial charge in [-0.3, -0.25) is 0 Å². The highest BCUT2D eigenvalue weighted by Crippen LogP contribution is 2.32. The molecule has 1 saturated heterocycles. The molecule has 1 aromatic carbocycles. The molecular weight excluding hydrogens is 276 g/mol. The molecule has 17 heavy (non-hydrogen) atoms. The van der Waals surface area contributed by atoms with Crippen molar-refractivity contribution in [3.63, 3.8) is 0 Å². The van der Waals surface area contributed by atoms with Gasteiger partial charge in [0.25, 0.3) is 0 Å². The summed E-state index contributed by atoms with van der Waals surface area (Å²) in [7, 11) is 2.23. The number of benzene rings is 1. The van der Waals surface area contributed by atoms with E-state index in [4.69, 9.17) is 0 Å². The van der Waals surface area contributed by atoms with Crippen molar-refractivity contribution in [3.05, 3.63) is 28.2 Å². The van der Waals surface area contributed by atoms with Crippen molar-refractivity contribution in [2.75, 3.05) is 31.6 Å². The van der Waals surface area contributed by atoms with Gasteiger partial charge in [-0.1, -0.05) is 15.9 Å². The number of anilines is 1. The summed E-state index contributed by atoms with van der Waals surface area (Å²) in [6.07, 6.45) is 3.84. The quantitative estimate of drug-likeness (QED) is 0.786. The number of likely N-dealkylation sites (tertiary alicyclic amines) is 1. The predicted molar refractivity (Wildman–Crippen MR) is 75.7 cm³/mol. The van der Waals surface area contributed by atoms with E-state index in [1.54, 1.807) is 0 Å². The zero-order chi connectivity index (χ0) is 11.8. The van der Waals surface area contributed by atoms with Crippen LogP contribution in [-0.4, -0.2) is 37.6 Å². The maximum Gasteiger partial charge on any atom is 0.0429 e. The molecule has 3 heteroatoms. The minimum absolute atomic E-state index is 0.722. The van der Waals surface area contributed by atoms with Crippen LogP contribution in [0.4, 0.5) is 5.69 Å². The Labute approximate surface area is 112 Å². The lowest BCUT2D eigenvalue weighted by molar-refractivity contribution is 0.406. The lowest BCUT2D eigenvalue weighted by Crippen LogP contribution is -2.40. The summed E-state index contributed by atoms with van der Waals surface area (Å²) in [4.78, 5) is 5.08. The number of nitrogens with zero attached hydrogens (tertiary/aromatic N) is 2. The summed E-state index contributed by atoms with van der Waals surface area (Å²) in [5.74, 6) is 0. The van der Waals surface area contributed by atoms with Crippen molar-refractivity contribution in [1.29, 1.82) is 0 Å². The number of hydrogen-bond acceptors (Lipinski definition) is 2. The van der Waals surface area contributed by atoms with Gasteiger partial charge in [0.1, 0.15) is 0 Å². The molecule has 0 unspecified atom stereocenters. The second-order valence-corrected chi connectivity index (χ2v) is 6.19. The van der Waals surface area contributed by atoms with Gasteiger partial charge in [-0.15, -0.1) is 0 Å². The van der Waals surface area contributed by atoms with Crippen molar-refractivity contribution in [2.24, 2.45) is 0 Å². The van der Waals surface area contributed by atoms with Gasteiger partial charge in [-0.2, -0.15) is 0 Å². The average molecular weight is 295 g/mol. The number of rotatable bonds is 1. The van der Waals surface area contributed by atoms with Crippen molar-refractivity contribution >= 4 is 21.6 Å². The molecular formula is C14H19BrN2. The van der Waals surface area contributed by atoms with Gasteiger partial charge in [0.05, 0.1) is 0 Å². The van der Waals surface area contributed by atoms with Gasteiger partial charge >= 0.3 is 0 Å². The highest BCUT2D eigenvalue weighted by atomic mass is 79.9. The molecule has 1 atom stereocenters. The summed E-state index contributed by atoms with van der Waals surface area (Å²) in [5, 5.41) is 0. The normalized spacial score (nSPS) is 25.1. The Kier molecular flexibility index (Phi) is 3.14. The van der Waals surface area contributed by atoms with Crippen molar-refractivity contribution < 1.29 is 0 Å². The molecule has 3 rings (SSSR count). The molecule has 0 bridgehead atoms. The minimum atomic E-state index is 0.722. The number of aryl methyl sites for hydroxylation is 1. The smallest absolute Gasteiger partial charge is 0.0429 e. The Balaban J connectivity index is 1.89. The monoisotopic (exact) mass is 294 g/mol. The van der Waals surface area contributed by atoms with Crippen LogP contribution in [-0.2, 0) is 6.42 Å². The molecule has 0 amide bonds. The van der Waals surface area contributed by atoms with E-state index in [0.29, 0.717) is 0 Å². The zero-order valence-corrected chi connectivity index (χ0v) is 11.9. The molecule has 0 N–H and O–H groups in total. The molecule has 0 aromatic heterocycles. The van der Waals surface area contributed by atoms with E-state index >= 15 is 0 Å². The molecule has 0 saturated carbocycles. The van der Waals surface area contributed by atoms with E-state index < -0.39 is 0 Å². The average Bonchev–Trinajstić information content (AvgIpc) is 2.74. The van der Waals surface area contributed by atoms with Crippen LogP contribution in [0.5, 0.6) is 0 Å². The van der Waals surface area contributed by atoms with E-state index in [0.717, 1.165) is 6.04 Å². The summed E-state index contributed by atoms with van der Waals surface area (Å²) in [6.45, 7) is 3.69. The van der Waals surface area contributed by atoms with E-state index in [-0.39, 0.29) is 0 Å². The SMILES string of the molecule is CN1CC[C@H](N2CCCc3cc(Br)ccc32)C1. The maximum atomic E-state index is 3.58. The highest BCUT2D eigenvalue weighted by molar-refractivity contribution is 9.10. The van der Waals surface area contributed by atoms with Gasteiger partial charge in [0, 0.05) is 29.3 Å². The number of hydrogen-bond donors (Lipinski definition) is 0. The Morgan fingerprint density at radius 1 is 1.29 bits per heavy atom. The van der Waals surface area contributed by atoms with Gasteiger partial charge < -0.3 is 9.80 Å². The summed E-state index contributed by atoms with van der Waals surface area (Å²) in [6, 6.07) is 7.48. The molecule has 0 aliphatic carbocycles. The lowest BCUT2D eigenvalue weighted by atomic mass is 10.00. The van der Waals surface area contributed by atoms with Gasteiger partial charge in [-0.05, 0) is 56.6 Å². The van der Waals surface area contributed by atoms with Crippen molar-refractivity contribution in [3.8, 4) is 0 Å². The van der Waals surface area contributed by atoms with Gasteiger partial charge in [-0.25, -0.2) is 0 Å². The van der Waals surface area contributed by atoms with E-state index in [9.17, 15) is 0 Å². The third-order valence-corrected chi connectivity index (χ3v) is 4.50. The number of likely N-dealkylation sites (N-methyl/N-ethyl adjacent to an activating group) is 1. The van der Waals surface area contributed by atoms with Crippen LogP contribution in [0.2, 0.25) is 0 Å². The van der Waals surface area contributed by atoms with Crippen LogP contribution in [0.25, 0.3) is 0 Å². The second kappa shape index (κ2) is 4.62. The zero-order valence-electron chi connectivity index (χ0n) is 10.3. The Morgan fingerprint density at radius 2 is 2.18 bits per heavy atom. The molecule has 2 heterocycles. The Hall–Kier alpha value is -0.540. The van der Waals surface area contributed by atoms with Gasteiger partial charge in [0.15, 0.2) is 0 Å². The summed E-state index contributed by atoms with van der Waals surface area (Å²) < 4.78 is 1.21. The van der Waals surface area contributed by atoms with Crippen LogP contribution < -0.4 is 4.90 Å². The standard InChI is InChI=1S/C14H19BrN2/c1-16-8-6-13(10-16)17-7-2-3-11-9-12(15)4-5-14(11)17/h4-5,9,13H,2-3,6-8,10H2,1H3/t13-/m0/s1. The molecule has 0 spiro atoms. The van der Waals surface area contributed by atoms with Crippen LogP contribution >= 0.6 is 15.9 Å². The third kappa shape index (κ3) is 2.23. The molecule has 1 aromatic rings. The molecule has 1 fully saturated rings. The topological polar surface area (TPSA) is 6.48 Å². The van der Waals surface area contributed by atoms with E-state index in [1.165, 1.54) is 54.6 Å². The fourth-order valence-corrected chi connectivity index (χ4v) is 3.55. The van der Waals surface area contributed by atoms with Crippen LogP contribution in [0, 0.1) is 0 Å². The van der Waals surface area contributed by atoms with Crippen molar-refractivity contribution in [1.82, 2.24) is 4.90 Å². The largest absolute Gasteiger partial charge is 0.367 e. The first-order valence-electron chi connectivity index (χ1n) is 6.47. The fourth-order valence-electron chi connectivity index (χ4n) is 3.14. The van der Waals surface area contributed by atoms with E-state index in [2.05, 4.69) is 51.0 Å². The van der Waals surface area contributed by atoms with Crippen LogP contribution in [0.15, 0.2) is 22.7 Å². The van der Waals surface area contributed by atoms with Crippen molar-refractivity contribution in [2.45, 2.75) is 25.3 Å². The highest BCUT2D eigenvalue weighted by Gasteiger charge is 2.28. The molecule has 2 nitrogen and oxygen atoms in total. The molecule has 2 aliphatic rings.